The lowest BCUT2D eigenvalue weighted by molar-refractivity contribution is 0.202. The molecule has 0 aromatic carbocycles. The molecule has 11 heavy (non-hydrogen) atoms. The maximum absolute atomic E-state index is 5.34. The van der Waals surface area contributed by atoms with Gasteiger partial charge in [0.05, 0.1) is 12.4 Å². The van der Waals surface area contributed by atoms with Crippen LogP contribution in [-0.2, 0) is 4.74 Å². The third kappa shape index (κ3) is 7.44. The Labute approximate surface area is 70.4 Å². The highest BCUT2D eigenvalue weighted by molar-refractivity contribution is 4.81. The van der Waals surface area contributed by atoms with Gasteiger partial charge in [0, 0.05) is 6.42 Å². The number of unbranched alkanes of at least 4 members (excludes halogenated alkanes) is 2. The molecule has 0 fully saturated rings. The monoisotopic (exact) mass is 156 g/mol. The average Bonchev–Trinajstić information content (AvgIpc) is 2.01. The van der Waals surface area contributed by atoms with E-state index in [0.29, 0.717) is 0 Å². The molecular weight excluding hydrogens is 136 g/mol. The fraction of sp³-hybridized carbons (Fsp3) is 0.800. The molecule has 0 aliphatic carbocycles. The van der Waals surface area contributed by atoms with E-state index in [1.165, 1.54) is 19.3 Å². The molecule has 0 heterocycles. The van der Waals surface area contributed by atoms with Gasteiger partial charge in [0.1, 0.15) is 0 Å². The van der Waals surface area contributed by atoms with E-state index in [9.17, 15) is 0 Å². The lowest BCUT2D eigenvalue weighted by Crippen LogP contribution is -1.92. The Bertz CT molecular complexity index is 97.0. The normalized spacial score (nSPS) is 9.64. The average molecular weight is 156 g/mol. The maximum atomic E-state index is 5.34. The summed E-state index contributed by atoms with van der Waals surface area (Å²) in [5, 5.41) is 0. The fourth-order valence-corrected chi connectivity index (χ4v) is 0.891. The van der Waals surface area contributed by atoms with E-state index in [4.69, 9.17) is 4.74 Å². The maximum Gasteiger partial charge on any atom is 0.0888 e. The summed E-state index contributed by atoms with van der Waals surface area (Å²) in [5.41, 5.74) is 0. The van der Waals surface area contributed by atoms with Gasteiger partial charge >= 0.3 is 0 Å². The largest absolute Gasteiger partial charge is 0.499 e. The summed E-state index contributed by atoms with van der Waals surface area (Å²) in [4.78, 5) is 0. The quantitative estimate of drug-likeness (QED) is 0.405. The van der Waals surface area contributed by atoms with E-state index in [0.717, 1.165) is 25.2 Å². The summed E-state index contributed by atoms with van der Waals surface area (Å²) in [6.45, 7) is 8.98. The zero-order valence-electron chi connectivity index (χ0n) is 7.86. The van der Waals surface area contributed by atoms with Crippen LogP contribution in [0.5, 0.6) is 0 Å². The molecule has 0 bridgehead atoms. The first kappa shape index (κ1) is 10.5. The molecule has 0 aliphatic heterocycles. The molecular formula is C10H20O. The van der Waals surface area contributed by atoms with Crippen molar-refractivity contribution in [3.63, 3.8) is 0 Å². The zero-order chi connectivity index (χ0) is 8.53. The summed E-state index contributed by atoms with van der Waals surface area (Å²) >= 11 is 0. The number of hydrogen-bond donors (Lipinski definition) is 0. The van der Waals surface area contributed by atoms with Crippen LogP contribution in [0.25, 0.3) is 0 Å². The summed E-state index contributed by atoms with van der Waals surface area (Å²) in [7, 11) is 0. The second-order valence-electron chi connectivity index (χ2n) is 2.84. The number of hydrogen-bond acceptors (Lipinski definition) is 1. The predicted molar refractivity (Wildman–Crippen MR) is 49.5 cm³/mol. The van der Waals surface area contributed by atoms with Crippen LogP contribution in [0.1, 0.15) is 46.0 Å². The topological polar surface area (TPSA) is 9.23 Å². The molecule has 0 aliphatic rings. The second kappa shape index (κ2) is 7.64. The zero-order valence-corrected chi connectivity index (χ0v) is 7.86. The van der Waals surface area contributed by atoms with Gasteiger partial charge in [0.15, 0.2) is 0 Å². The van der Waals surface area contributed by atoms with E-state index < -0.39 is 0 Å². The van der Waals surface area contributed by atoms with E-state index >= 15 is 0 Å². The molecule has 0 N–H and O–H groups in total. The van der Waals surface area contributed by atoms with Crippen LogP contribution >= 0.6 is 0 Å². The molecule has 66 valence electrons. The lowest BCUT2D eigenvalue weighted by atomic mass is 10.2. The Balaban J connectivity index is 3.09. The molecule has 1 heteroatoms. The second-order valence-corrected chi connectivity index (χ2v) is 2.84. The van der Waals surface area contributed by atoms with Crippen molar-refractivity contribution < 1.29 is 4.74 Å². The fourth-order valence-electron chi connectivity index (χ4n) is 0.891. The third-order valence-corrected chi connectivity index (χ3v) is 1.57. The van der Waals surface area contributed by atoms with Gasteiger partial charge in [-0.05, 0) is 12.8 Å². The van der Waals surface area contributed by atoms with Crippen molar-refractivity contribution in [1.29, 1.82) is 0 Å². The van der Waals surface area contributed by atoms with Crippen molar-refractivity contribution in [2.45, 2.75) is 46.0 Å². The molecule has 0 amide bonds. The highest BCUT2D eigenvalue weighted by Gasteiger charge is 1.93. The highest BCUT2D eigenvalue weighted by atomic mass is 16.5. The van der Waals surface area contributed by atoms with Gasteiger partial charge in [-0.2, -0.15) is 0 Å². The van der Waals surface area contributed by atoms with Crippen LogP contribution in [0.4, 0.5) is 0 Å². The Kier molecular flexibility index (Phi) is 7.33. The van der Waals surface area contributed by atoms with E-state index in [2.05, 4.69) is 20.4 Å². The molecule has 0 aromatic rings. The standard InChI is InChI=1S/C10H20O/c1-4-6-7-8-10(3)11-9-5-2/h3-9H2,1-2H3. The number of allylic oxidation sites excluding steroid dienone is 1. The SMILES string of the molecule is C=C(CCCCC)OCCC. The van der Waals surface area contributed by atoms with Gasteiger partial charge in [-0.15, -0.1) is 0 Å². The van der Waals surface area contributed by atoms with Crippen molar-refractivity contribution in [1.82, 2.24) is 0 Å². The summed E-state index contributed by atoms with van der Waals surface area (Å²) in [6.07, 6.45) is 5.88. The van der Waals surface area contributed by atoms with E-state index in [1.54, 1.807) is 0 Å². The van der Waals surface area contributed by atoms with Crippen LogP contribution in [0.2, 0.25) is 0 Å². The van der Waals surface area contributed by atoms with Crippen LogP contribution in [0.3, 0.4) is 0 Å². The number of rotatable bonds is 7. The molecule has 0 unspecified atom stereocenters. The van der Waals surface area contributed by atoms with Gasteiger partial charge in [-0.25, -0.2) is 0 Å². The van der Waals surface area contributed by atoms with Gasteiger partial charge < -0.3 is 4.74 Å². The van der Waals surface area contributed by atoms with Crippen LogP contribution in [-0.4, -0.2) is 6.61 Å². The lowest BCUT2D eigenvalue weighted by Gasteiger charge is -2.06. The first-order valence-electron chi connectivity index (χ1n) is 4.61. The van der Waals surface area contributed by atoms with Crippen molar-refractivity contribution in [3.05, 3.63) is 12.3 Å². The number of ether oxygens (including phenoxy) is 1. The molecule has 0 atom stereocenters. The molecule has 0 saturated carbocycles. The molecule has 0 radical (unpaired) electrons. The molecule has 0 rings (SSSR count). The summed E-state index contributed by atoms with van der Waals surface area (Å²) in [5.74, 6) is 0.959. The highest BCUT2D eigenvalue weighted by Crippen LogP contribution is 2.07. The van der Waals surface area contributed by atoms with Crippen molar-refractivity contribution in [2.75, 3.05) is 6.61 Å². The Hall–Kier alpha value is -0.460. The van der Waals surface area contributed by atoms with Crippen LogP contribution in [0.15, 0.2) is 12.3 Å². The van der Waals surface area contributed by atoms with Crippen molar-refractivity contribution >= 4 is 0 Å². The molecule has 0 saturated heterocycles. The van der Waals surface area contributed by atoms with Crippen molar-refractivity contribution in [3.8, 4) is 0 Å². The molecule has 1 nitrogen and oxygen atoms in total. The minimum Gasteiger partial charge on any atom is -0.499 e. The minimum atomic E-state index is 0.824. The van der Waals surface area contributed by atoms with Gasteiger partial charge in [-0.1, -0.05) is 33.3 Å². The smallest absolute Gasteiger partial charge is 0.0888 e. The van der Waals surface area contributed by atoms with Gasteiger partial charge in [0.25, 0.3) is 0 Å². The van der Waals surface area contributed by atoms with E-state index in [1.807, 2.05) is 0 Å². The van der Waals surface area contributed by atoms with Gasteiger partial charge in [-0.3, -0.25) is 0 Å². The third-order valence-electron chi connectivity index (χ3n) is 1.57. The van der Waals surface area contributed by atoms with Crippen LogP contribution < -0.4 is 0 Å². The molecule has 0 aromatic heterocycles. The first-order valence-corrected chi connectivity index (χ1v) is 4.61. The van der Waals surface area contributed by atoms with Crippen LogP contribution in [0, 0.1) is 0 Å². The van der Waals surface area contributed by atoms with Gasteiger partial charge in [0.2, 0.25) is 0 Å². The van der Waals surface area contributed by atoms with Crippen molar-refractivity contribution in [2.24, 2.45) is 0 Å². The first-order chi connectivity index (χ1) is 5.31. The predicted octanol–water partition coefficient (Wildman–Crippen LogP) is 3.51. The Morgan fingerprint density at radius 1 is 1.18 bits per heavy atom. The summed E-state index contributed by atoms with van der Waals surface area (Å²) in [6, 6.07) is 0. The molecule has 0 spiro atoms. The Morgan fingerprint density at radius 3 is 2.45 bits per heavy atom. The summed E-state index contributed by atoms with van der Waals surface area (Å²) < 4.78 is 5.34. The van der Waals surface area contributed by atoms with E-state index in [-0.39, 0.29) is 0 Å². The minimum absolute atomic E-state index is 0.824. The Morgan fingerprint density at radius 2 is 1.91 bits per heavy atom.